The zero-order chi connectivity index (χ0) is 18.8. The van der Waals surface area contributed by atoms with Gasteiger partial charge in [0, 0.05) is 28.9 Å². The molecule has 2 N–H and O–H groups in total. The molecule has 0 bridgehead atoms. The summed E-state index contributed by atoms with van der Waals surface area (Å²) in [5.41, 5.74) is 5.11. The van der Waals surface area contributed by atoms with E-state index in [4.69, 9.17) is 11.6 Å². The van der Waals surface area contributed by atoms with E-state index in [0.29, 0.717) is 22.9 Å². The third-order valence-corrected chi connectivity index (χ3v) is 5.22. The highest BCUT2D eigenvalue weighted by molar-refractivity contribution is 6.31. The molecule has 1 aliphatic heterocycles. The summed E-state index contributed by atoms with van der Waals surface area (Å²) in [6.45, 7) is 4.34. The zero-order valence-corrected chi connectivity index (χ0v) is 15.9. The molecule has 1 aliphatic rings. The fourth-order valence-corrected chi connectivity index (χ4v) is 3.52. The largest absolute Gasteiger partial charge is 0.312 e. The van der Waals surface area contributed by atoms with Crippen LogP contribution in [0.4, 0.5) is 5.82 Å². The molecule has 1 aromatic heterocycles. The Morgan fingerprint density at radius 1 is 1.22 bits per heavy atom. The second-order valence-corrected chi connectivity index (χ2v) is 7.19. The molecular weight excluding hydrogens is 360 g/mol. The van der Waals surface area contributed by atoms with Gasteiger partial charge in [-0.25, -0.2) is 0 Å². The van der Waals surface area contributed by atoms with E-state index in [1.165, 1.54) is 11.1 Å². The molecule has 0 saturated heterocycles. The molecule has 0 atom stereocenters. The van der Waals surface area contributed by atoms with Crippen molar-refractivity contribution < 1.29 is 4.79 Å². The van der Waals surface area contributed by atoms with Crippen molar-refractivity contribution in [3.05, 3.63) is 81.5 Å². The molecule has 2 aromatic carbocycles. The number of carbonyl (C=O) groups is 1. The lowest BCUT2D eigenvalue weighted by atomic mass is 9.98. The van der Waals surface area contributed by atoms with Crippen LogP contribution in [0.3, 0.4) is 0 Å². The van der Waals surface area contributed by atoms with Gasteiger partial charge in [-0.2, -0.15) is 5.10 Å². The van der Waals surface area contributed by atoms with Crippen LogP contribution in [-0.2, 0) is 19.5 Å². The van der Waals surface area contributed by atoms with Gasteiger partial charge in [-0.05, 0) is 54.8 Å². The van der Waals surface area contributed by atoms with E-state index in [1.54, 1.807) is 0 Å². The van der Waals surface area contributed by atoms with Crippen molar-refractivity contribution in [3.8, 4) is 0 Å². The number of nitrogens with one attached hydrogen (secondary N) is 2. The van der Waals surface area contributed by atoms with Gasteiger partial charge < -0.3 is 10.6 Å². The Hall–Kier alpha value is -2.63. The quantitative estimate of drug-likeness (QED) is 0.724. The molecule has 5 nitrogen and oxygen atoms in total. The van der Waals surface area contributed by atoms with Crippen molar-refractivity contribution >= 4 is 23.3 Å². The molecule has 3 aromatic rings. The number of rotatable bonds is 4. The van der Waals surface area contributed by atoms with E-state index in [9.17, 15) is 4.79 Å². The van der Waals surface area contributed by atoms with Gasteiger partial charge in [0.2, 0.25) is 0 Å². The highest BCUT2D eigenvalue weighted by Gasteiger charge is 2.14. The number of aromatic nitrogens is 2. The molecule has 138 valence electrons. The third-order valence-electron chi connectivity index (χ3n) is 4.86. The SMILES string of the molecule is Cc1cc(NC(=O)c2ccc3c(c2)CCNC3)nn1Cc1ccccc1Cl. The van der Waals surface area contributed by atoms with Crippen LogP contribution >= 0.6 is 11.6 Å². The van der Waals surface area contributed by atoms with E-state index in [2.05, 4.69) is 15.7 Å². The van der Waals surface area contributed by atoms with E-state index < -0.39 is 0 Å². The molecule has 0 spiro atoms. The van der Waals surface area contributed by atoms with Crippen LogP contribution in [0.25, 0.3) is 0 Å². The summed E-state index contributed by atoms with van der Waals surface area (Å²) in [4.78, 5) is 12.6. The Kier molecular flexibility index (Phi) is 4.97. The van der Waals surface area contributed by atoms with E-state index in [-0.39, 0.29) is 5.91 Å². The lowest BCUT2D eigenvalue weighted by Gasteiger charge is -2.17. The first kappa shape index (κ1) is 17.8. The zero-order valence-electron chi connectivity index (χ0n) is 15.1. The molecule has 4 rings (SSSR count). The van der Waals surface area contributed by atoms with Crippen molar-refractivity contribution in [2.45, 2.75) is 26.4 Å². The highest BCUT2D eigenvalue weighted by atomic mass is 35.5. The molecule has 0 fully saturated rings. The summed E-state index contributed by atoms with van der Waals surface area (Å²) in [5, 5.41) is 11.5. The van der Waals surface area contributed by atoms with Gasteiger partial charge >= 0.3 is 0 Å². The Balaban J connectivity index is 1.50. The second-order valence-electron chi connectivity index (χ2n) is 6.78. The van der Waals surface area contributed by atoms with Gasteiger partial charge in [0.1, 0.15) is 0 Å². The maximum Gasteiger partial charge on any atom is 0.256 e. The molecule has 0 radical (unpaired) electrons. The van der Waals surface area contributed by atoms with Crippen molar-refractivity contribution in [2.24, 2.45) is 0 Å². The average Bonchev–Trinajstić information content (AvgIpc) is 3.02. The van der Waals surface area contributed by atoms with Crippen LogP contribution in [-0.4, -0.2) is 22.2 Å². The minimum absolute atomic E-state index is 0.140. The summed E-state index contributed by atoms with van der Waals surface area (Å²) in [7, 11) is 0. The lowest BCUT2D eigenvalue weighted by Crippen LogP contribution is -2.24. The Bertz CT molecular complexity index is 996. The standard InChI is InChI=1S/C21H21ClN4O/c1-14-10-20(25-26(14)13-18-4-2-3-5-19(18)22)24-21(27)16-6-7-17-12-23-9-8-15(17)11-16/h2-7,10-11,23H,8-9,12-13H2,1H3,(H,24,25,27). The van der Waals surface area contributed by atoms with E-state index >= 15 is 0 Å². The first-order valence-corrected chi connectivity index (χ1v) is 9.40. The predicted molar refractivity (Wildman–Crippen MR) is 107 cm³/mol. The number of amides is 1. The van der Waals surface area contributed by atoms with Gasteiger partial charge in [-0.3, -0.25) is 9.48 Å². The Morgan fingerprint density at radius 3 is 2.93 bits per heavy atom. The van der Waals surface area contributed by atoms with Gasteiger partial charge in [0.05, 0.1) is 6.54 Å². The van der Waals surface area contributed by atoms with Crippen LogP contribution in [0.1, 0.15) is 32.7 Å². The molecule has 27 heavy (non-hydrogen) atoms. The Labute approximate surface area is 163 Å². The Morgan fingerprint density at radius 2 is 2.07 bits per heavy atom. The van der Waals surface area contributed by atoms with Crippen LogP contribution in [0.5, 0.6) is 0 Å². The maximum absolute atomic E-state index is 12.6. The van der Waals surface area contributed by atoms with Gasteiger partial charge in [0.25, 0.3) is 5.91 Å². The van der Waals surface area contributed by atoms with Crippen molar-refractivity contribution in [3.63, 3.8) is 0 Å². The summed E-state index contributed by atoms with van der Waals surface area (Å²) < 4.78 is 1.84. The summed E-state index contributed by atoms with van der Waals surface area (Å²) >= 11 is 6.24. The summed E-state index contributed by atoms with van der Waals surface area (Å²) in [6.07, 6.45) is 0.946. The second kappa shape index (κ2) is 7.55. The number of hydrogen-bond acceptors (Lipinski definition) is 3. The first-order valence-electron chi connectivity index (χ1n) is 9.02. The summed E-state index contributed by atoms with van der Waals surface area (Å²) in [5.74, 6) is 0.405. The molecule has 0 saturated carbocycles. The minimum atomic E-state index is -0.140. The number of carbonyl (C=O) groups excluding carboxylic acids is 1. The third kappa shape index (κ3) is 3.89. The number of fused-ring (bicyclic) bond motifs is 1. The van der Waals surface area contributed by atoms with Gasteiger partial charge in [-0.15, -0.1) is 0 Å². The molecule has 0 aliphatic carbocycles. The fourth-order valence-electron chi connectivity index (χ4n) is 3.33. The molecule has 2 heterocycles. The number of hydrogen-bond donors (Lipinski definition) is 2. The lowest BCUT2D eigenvalue weighted by molar-refractivity contribution is 0.102. The smallest absolute Gasteiger partial charge is 0.256 e. The predicted octanol–water partition coefficient (Wildman–Crippen LogP) is 3.79. The molecular formula is C21H21ClN4O. The van der Waals surface area contributed by atoms with Gasteiger partial charge in [0.15, 0.2) is 5.82 Å². The van der Waals surface area contributed by atoms with Gasteiger partial charge in [-0.1, -0.05) is 35.9 Å². The van der Waals surface area contributed by atoms with Crippen LogP contribution < -0.4 is 10.6 Å². The van der Waals surface area contributed by atoms with Crippen LogP contribution in [0.2, 0.25) is 5.02 Å². The first-order chi connectivity index (χ1) is 13.1. The monoisotopic (exact) mass is 380 g/mol. The van der Waals surface area contributed by atoms with Crippen LogP contribution in [0.15, 0.2) is 48.5 Å². The normalized spacial score (nSPS) is 13.3. The minimum Gasteiger partial charge on any atom is -0.312 e. The summed E-state index contributed by atoms with van der Waals surface area (Å²) in [6, 6.07) is 15.5. The number of aryl methyl sites for hydroxylation is 1. The van der Waals surface area contributed by atoms with E-state index in [0.717, 1.165) is 30.8 Å². The molecule has 0 unspecified atom stereocenters. The van der Waals surface area contributed by atoms with Crippen molar-refractivity contribution in [2.75, 3.05) is 11.9 Å². The van der Waals surface area contributed by atoms with Crippen LogP contribution in [0, 0.1) is 6.92 Å². The molecule has 6 heteroatoms. The van der Waals surface area contributed by atoms with Crippen molar-refractivity contribution in [1.29, 1.82) is 0 Å². The number of anilines is 1. The number of benzene rings is 2. The maximum atomic E-state index is 12.6. The fraction of sp³-hybridized carbons (Fsp3) is 0.238. The molecule has 1 amide bonds. The number of halogens is 1. The van der Waals surface area contributed by atoms with E-state index in [1.807, 2.05) is 60.1 Å². The highest BCUT2D eigenvalue weighted by Crippen LogP contribution is 2.20. The average molecular weight is 381 g/mol. The number of nitrogens with zero attached hydrogens (tertiary/aromatic N) is 2. The topological polar surface area (TPSA) is 59.0 Å². The van der Waals surface area contributed by atoms with Crippen molar-refractivity contribution in [1.82, 2.24) is 15.1 Å².